The highest BCUT2D eigenvalue weighted by Gasteiger charge is 2.36. The number of carbonyl (C=O) groups is 1. The van der Waals surface area contributed by atoms with Gasteiger partial charge in [-0.25, -0.2) is 14.4 Å². The van der Waals surface area contributed by atoms with Gasteiger partial charge in [0, 0.05) is 11.5 Å². The largest absolute Gasteiger partial charge is 0.493 e. The van der Waals surface area contributed by atoms with E-state index in [1.165, 1.54) is 37.4 Å². The molecule has 0 aliphatic carbocycles. The first-order valence-electron chi connectivity index (χ1n) is 10.5. The third-order valence-corrected chi connectivity index (χ3v) is 6.75. The van der Waals surface area contributed by atoms with E-state index in [9.17, 15) is 17.6 Å². The first-order valence-corrected chi connectivity index (χ1v) is 13.1. The van der Waals surface area contributed by atoms with E-state index in [2.05, 4.69) is 15.3 Å². The maximum absolute atomic E-state index is 14.6. The highest BCUT2D eigenvalue weighted by Crippen LogP contribution is 2.37. The molecule has 192 valence electrons. The summed E-state index contributed by atoms with van der Waals surface area (Å²) in [5.74, 6) is -0.146. The van der Waals surface area contributed by atoms with Crippen molar-refractivity contribution in [3.05, 3.63) is 46.5 Å². The summed E-state index contributed by atoms with van der Waals surface area (Å²) in [7, 11) is -2.29. The molecule has 4 rings (SSSR count). The molecule has 1 amide bonds. The van der Waals surface area contributed by atoms with Gasteiger partial charge >= 0.3 is 0 Å². The molecule has 0 unspecified atom stereocenters. The number of hydrogen-bond acceptors (Lipinski definition) is 9. The quantitative estimate of drug-likeness (QED) is 0.325. The number of fused-ring (bicyclic) bond motifs is 1. The molecule has 1 aromatic heterocycles. The molecule has 0 saturated carbocycles. The second-order valence-corrected chi connectivity index (χ2v) is 10.4. The summed E-state index contributed by atoms with van der Waals surface area (Å²) in [5.41, 5.74) is 0.579. The van der Waals surface area contributed by atoms with Crippen LogP contribution in [0.15, 0.2) is 30.6 Å². The number of aromatic nitrogens is 2. The number of nitrogens with zero attached hydrogens (tertiary/aromatic N) is 3. The van der Waals surface area contributed by atoms with E-state index >= 15 is 0 Å². The Kier molecular flexibility index (Phi) is 7.41. The van der Waals surface area contributed by atoms with Crippen LogP contribution in [0.5, 0.6) is 11.5 Å². The number of anilines is 2. The predicted octanol–water partition coefficient (Wildman–Crippen LogP) is 3.78. The van der Waals surface area contributed by atoms with Gasteiger partial charge in [0.1, 0.15) is 18.2 Å². The van der Waals surface area contributed by atoms with E-state index in [4.69, 9.17) is 36.9 Å². The number of amides is 1. The van der Waals surface area contributed by atoms with Crippen LogP contribution < -0.4 is 14.8 Å². The van der Waals surface area contributed by atoms with Crippen molar-refractivity contribution in [2.45, 2.75) is 19.1 Å². The van der Waals surface area contributed by atoms with Gasteiger partial charge in [-0.2, -0.15) is 8.42 Å². The Morgan fingerprint density at radius 3 is 2.61 bits per heavy atom. The Labute approximate surface area is 216 Å². The molecule has 1 aliphatic heterocycles. The summed E-state index contributed by atoms with van der Waals surface area (Å²) in [6.45, 7) is 1.82. The van der Waals surface area contributed by atoms with E-state index in [0.29, 0.717) is 28.2 Å². The number of nitrogens with one attached hydrogen (secondary N) is 1. The van der Waals surface area contributed by atoms with Crippen LogP contribution in [0.2, 0.25) is 10.0 Å². The number of carbonyl (C=O) groups excluding carboxylic acids is 1. The number of likely N-dealkylation sites (tertiary alicyclic amines) is 1. The molecule has 3 aromatic rings. The number of hydrogen-bond donors (Lipinski definition) is 1. The molecular weight excluding hydrogens is 538 g/mol. The number of ether oxygens (including phenoxy) is 2. The van der Waals surface area contributed by atoms with Gasteiger partial charge in [0.2, 0.25) is 0 Å². The van der Waals surface area contributed by atoms with Gasteiger partial charge in [-0.3, -0.25) is 8.98 Å². The number of benzene rings is 2. The zero-order valence-electron chi connectivity index (χ0n) is 19.3. The Bertz CT molecular complexity index is 1440. The summed E-state index contributed by atoms with van der Waals surface area (Å²) in [6.07, 6.45) is 0.686. The second-order valence-electron chi connectivity index (χ2n) is 8.02. The lowest BCUT2D eigenvalue weighted by Gasteiger charge is -2.40. The van der Waals surface area contributed by atoms with Gasteiger partial charge in [0.25, 0.3) is 16.0 Å². The van der Waals surface area contributed by atoms with Crippen molar-refractivity contribution in [2.24, 2.45) is 0 Å². The van der Waals surface area contributed by atoms with E-state index in [0.717, 1.165) is 6.26 Å². The van der Waals surface area contributed by atoms with Crippen LogP contribution in [0.25, 0.3) is 10.9 Å². The van der Waals surface area contributed by atoms with Gasteiger partial charge in [0.05, 0.1) is 47.7 Å². The van der Waals surface area contributed by atoms with Crippen LogP contribution in [-0.2, 0) is 19.1 Å². The van der Waals surface area contributed by atoms with Gasteiger partial charge in [-0.05, 0) is 25.1 Å². The number of methoxy groups -OCH3 is 1. The number of halogens is 3. The summed E-state index contributed by atoms with van der Waals surface area (Å²) >= 11 is 11.8. The molecule has 0 radical (unpaired) electrons. The molecule has 2 aromatic carbocycles. The van der Waals surface area contributed by atoms with Crippen molar-refractivity contribution >= 4 is 61.6 Å². The summed E-state index contributed by atoms with van der Waals surface area (Å²) < 4.78 is 53.3. The SMILES string of the molecule is COc1cc2ncnc(Nc3ccc(Cl)c(Cl)c3F)c2cc1OC1CN(C(=O)[C@@H](C)OS(C)(=O)=O)C1. The third kappa shape index (κ3) is 5.56. The fourth-order valence-corrected chi connectivity index (χ4v) is 4.52. The molecular formula is C22H21Cl2FN4O6S. The lowest BCUT2D eigenvalue weighted by molar-refractivity contribution is -0.146. The minimum Gasteiger partial charge on any atom is -0.493 e. The summed E-state index contributed by atoms with van der Waals surface area (Å²) in [5, 5.41) is 3.28. The molecule has 10 nitrogen and oxygen atoms in total. The van der Waals surface area contributed by atoms with Crippen molar-refractivity contribution in [3.8, 4) is 11.5 Å². The Morgan fingerprint density at radius 1 is 1.22 bits per heavy atom. The van der Waals surface area contributed by atoms with Crippen molar-refractivity contribution in [2.75, 3.05) is 31.8 Å². The Hall–Kier alpha value is -2.93. The average molecular weight is 559 g/mol. The maximum Gasteiger partial charge on any atom is 0.265 e. The molecule has 1 saturated heterocycles. The standard InChI is InChI=1S/C22H21Cl2FN4O6S/c1-11(35-36(3,31)32)22(30)29-8-12(9-29)34-18-6-13-16(7-17(18)33-2)26-10-27-21(13)28-15-5-4-14(23)19(24)20(15)25/h4-7,10-12H,8-9H2,1-3H3,(H,26,27,28)/t11-/m1/s1. The highest BCUT2D eigenvalue weighted by atomic mass is 35.5. The van der Waals surface area contributed by atoms with E-state index in [1.807, 2.05) is 0 Å². The van der Waals surface area contributed by atoms with Crippen molar-refractivity contribution < 1.29 is 31.3 Å². The first-order chi connectivity index (χ1) is 17.0. The minimum absolute atomic E-state index is 0.0706. The average Bonchev–Trinajstić information content (AvgIpc) is 2.79. The topological polar surface area (TPSA) is 120 Å². The summed E-state index contributed by atoms with van der Waals surface area (Å²) in [6, 6.07) is 6.19. The second kappa shape index (κ2) is 10.2. The van der Waals surface area contributed by atoms with Crippen LogP contribution in [0.3, 0.4) is 0 Å². The fraction of sp³-hybridized carbons (Fsp3) is 0.318. The number of rotatable bonds is 8. The van der Waals surface area contributed by atoms with Gasteiger partial charge in [-0.15, -0.1) is 0 Å². The van der Waals surface area contributed by atoms with E-state index in [-0.39, 0.29) is 34.9 Å². The molecule has 1 fully saturated rings. The van der Waals surface area contributed by atoms with Crippen molar-refractivity contribution in [3.63, 3.8) is 0 Å². The predicted molar refractivity (Wildman–Crippen MR) is 132 cm³/mol. The molecule has 36 heavy (non-hydrogen) atoms. The molecule has 1 N–H and O–H groups in total. The maximum atomic E-state index is 14.6. The van der Waals surface area contributed by atoms with Gasteiger partial charge < -0.3 is 19.7 Å². The molecule has 0 bridgehead atoms. The zero-order valence-corrected chi connectivity index (χ0v) is 21.6. The molecule has 0 spiro atoms. The van der Waals surface area contributed by atoms with Gasteiger partial charge in [0.15, 0.2) is 23.4 Å². The van der Waals surface area contributed by atoms with E-state index < -0.39 is 27.9 Å². The molecule has 1 atom stereocenters. The zero-order chi connectivity index (χ0) is 26.2. The van der Waals surface area contributed by atoms with Crippen molar-refractivity contribution in [1.82, 2.24) is 14.9 Å². The Balaban J connectivity index is 1.54. The minimum atomic E-state index is -3.76. The molecule has 1 aliphatic rings. The lowest BCUT2D eigenvalue weighted by atomic mass is 10.1. The van der Waals surface area contributed by atoms with E-state index in [1.54, 1.807) is 12.1 Å². The lowest BCUT2D eigenvalue weighted by Crippen LogP contribution is -2.58. The van der Waals surface area contributed by atoms with Crippen LogP contribution in [-0.4, -0.2) is 67.9 Å². The first kappa shape index (κ1) is 26.1. The normalized spacial score (nSPS) is 14.9. The van der Waals surface area contributed by atoms with Gasteiger partial charge in [-0.1, -0.05) is 23.2 Å². The fourth-order valence-electron chi connectivity index (χ4n) is 3.60. The van der Waals surface area contributed by atoms with Crippen LogP contribution in [0.1, 0.15) is 6.92 Å². The smallest absolute Gasteiger partial charge is 0.265 e. The van der Waals surface area contributed by atoms with Crippen molar-refractivity contribution in [1.29, 1.82) is 0 Å². The highest BCUT2D eigenvalue weighted by molar-refractivity contribution is 7.86. The third-order valence-electron chi connectivity index (χ3n) is 5.33. The monoisotopic (exact) mass is 558 g/mol. The van der Waals surface area contributed by atoms with Crippen LogP contribution in [0.4, 0.5) is 15.9 Å². The summed E-state index contributed by atoms with van der Waals surface area (Å²) in [4.78, 5) is 22.3. The van der Waals surface area contributed by atoms with Crippen LogP contribution >= 0.6 is 23.2 Å². The van der Waals surface area contributed by atoms with Crippen LogP contribution in [0, 0.1) is 5.82 Å². The Morgan fingerprint density at radius 2 is 1.94 bits per heavy atom. The molecule has 2 heterocycles. The molecule has 14 heteroatoms.